The Bertz CT molecular complexity index is 2100. The van der Waals surface area contributed by atoms with Crippen LogP contribution in [0.15, 0.2) is 158 Å². The normalized spacial score (nSPS) is 10.9. The van der Waals surface area contributed by atoms with Crippen LogP contribution in [-0.2, 0) is 39.0 Å². The molecular weight excluding hydrogens is 696 g/mol. The molecule has 0 aliphatic heterocycles. The van der Waals surface area contributed by atoms with Crippen LogP contribution >= 0.6 is 0 Å². The van der Waals surface area contributed by atoms with Gasteiger partial charge in [-0.1, -0.05) is 135 Å². The van der Waals surface area contributed by atoms with E-state index in [2.05, 4.69) is 145 Å². The summed E-state index contributed by atoms with van der Waals surface area (Å²) in [5.74, 6) is 0. The van der Waals surface area contributed by atoms with Gasteiger partial charge in [-0.2, -0.15) is 0 Å². The van der Waals surface area contributed by atoms with Gasteiger partial charge in [0, 0.05) is 23.8 Å². The largest absolute Gasteiger partial charge is 2.00 e. The van der Waals surface area contributed by atoms with Crippen molar-refractivity contribution in [3.05, 3.63) is 169 Å². The molecule has 2 nitrogen and oxygen atoms in total. The minimum absolute atomic E-state index is 0. The van der Waals surface area contributed by atoms with Crippen molar-refractivity contribution in [1.29, 1.82) is 0 Å². The fourth-order valence-electron chi connectivity index (χ4n) is 6.80. The number of hydrogen-bond donors (Lipinski definition) is 0. The summed E-state index contributed by atoms with van der Waals surface area (Å²) in [6, 6.07) is 52.3. The Morgan fingerprint density at radius 2 is 0.902 bits per heavy atom. The molecule has 2 aromatic heterocycles. The standard InChI is InChI=1S/2C24H22N.Zr/c2*1-2-3-7-18-11-13-19(14-12-18)22-9-6-8-20-16-21(17-23(20)22)24-10-4-5-15-25-24;/h2*4-6,8-17H,2-3,7H2,1H3;/q2*-1;+2. The van der Waals surface area contributed by atoms with E-state index in [1.807, 2.05) is 36.7 Å². The fraction of sp³-hybridized carbons (Fsp3) is 0.167. The average Bonchev–Trinajstić information content (AvgIpc) is 3.83. The van der Waals surface area contributed by atoms with Crippen LogP contribution in [0.1, 0.15) is 50.7 Å². The van der Waals surface area contributed by atoms with Crippen molar-refractivity contribution in [2.24, 2.45) is 0 Å². The van der Waals surface area contributed by atoms with E-state index in [0.29, 0.717) is 0 Å². The minimum Gasteiger partial charge on any atom is -0.295 e. The topological polar surface area (TPSA) is 25.8 Å². The first-order valence-corrected chi connectivity index (χ1v) is 18.1. The Morgan fingerprint density at radius 3 is 1.27 bits per heavy atom. The second-order valence-electron chi connectivity index (χ2n) is 13.1. The molecule has 0 saturated heterocycles. The van der Waals surface area contributed by atoms with E-state index in [4.69, 9.17) is 0 Å². The Labute approximate surface area is 322 Å². The van der Waals surface area contributed by atoms with Gasteiger partial charge < -0.3 is 0 Å². The molecule has 6 aromatic carbocycles. The van der Waals surface area contributed by atoms with Crippen molar-refractivity contribution in [2.45, 2.75) is 52.4 Å². The summed E-state index contributed by atoms with van der Waals surface area (Å²) in [6.07, 6.45) is 11.0. The van der Waals surface area contributed by atoms with Gasteiger partial charge in [0.15, 0.2) is 0 Å². The predicted molar refractivity (Wildman–Crippen MR) is 214 cm³/mol. The number of rotatable bonds is 10. The van der Waals surface area contributed by atoms with Gasteiger partial charge in [-0.15, -0.1) is 69.1 Å². The van der Waals surface area contributed by atoms with Gasteiger partial charge in [0.25, 0.3) is 0 Å². The van der Waals surface area contributed by atoms with Crippen LogP contribution in [0.3, 0.4) is 0 Å². The Kier molecular flexibility index (Phi) is 12.4. The molecule has 0 fully saturated rings. The Balaban J connectivity index is 0.000000172. The van der Waals surface area contributed by atoms with Crippen LogP contribution in [0, 0.1) is 0 Å². The molecule has 0 spiro atoms. The molecule has 250 valence electrons. The maximum Gasteiger partial charge on any atom is 2.00 e. The van der Waals surface area contributed by atoms with Crippen molar-refractivity contribution < 1.29 is 26.2 Å². The zero-order valence-corrected chi connectivity index (χ0v) is 32.1. The van der Waals surface area contributed by atoms with E-state index in [1.165, 1.54) is 105 Å². The third-order valence-corrected chi connectivity index (χ3v) is 9.59. The van der Waals surface area contributed by atoms with Crippen molar-refractivity contribution in [1.82, 2.24) is 9.97 Å². The van der Waals surface area contributed by atoms with Gasteiger partial charge in [-0.3, -0.25) is 9.97 Å². The molecule has 0 saturated carbocycles. The van der Waals surface area contributed by atoms with E-state index < -0.39 is 0 Å². The number of aromatic nitrogens is 2. The molecule has 8 rings (SSSR count). The van der Waals surface area contributed by atoms with Crippen LogP contribution in [0.5, 0.6) is 0 Å². The molecular formula is C48H44N2Zr. The third-order valence-electron chi connectivity index (χ3n) is 9.59. The molecule has 8 aromatic rings. The molecule has 0 bridgehead atoms. The van der Waals surface area contributed by atoms with Crippen molar-refractivity contribution in [2.75, 3.05) is 0 Å². The maximum atomic E-state index is 4.49. The molecule has 0 amide bonds. The van der Waals surface area contributed by atoms with E-state index >= 15 is 0 Å². The van der Waals surface area contributed by atoms with Crippen molar-refractivity contribution in [3.63, 3.8) is 0 Å². The van der Waals surface area contributed by atoms with Crippen molar-refractivity contribution >= 4 is 21.5 Å². The zero-order chi connectivity index (χ0) is 34.1. The van der Waals surface area contributed by atoms with Crippen molar-refractivity contribution in [3.8, 4) is 44.8 Å². The molecule has 0 unspecified atom stereocenters. The van der Waals surface area contributed by atoms with Gasteiger partial charge in [0.1, 0.15) is 0 Å². The molecule has 51 heavy (non-hydrogen) atoms. The molecule has 0 radical (unpaired) electrons. The van der Waals surface area contributed by atoms with Gasteiger partial charge in [-0.25, -0.2) is 0 Å². The van der Waals surface area contributed by atoms with Gasteiger partial charge in [0.2, 0.25) is 0 Å². The molecule has 0 atom stereocenters. The Morgan fingerprint density at radius 1 is 0.471 bits per heavy atom. The number of hydrogen-bond acceptors (Lipinski definition) is 2. The second kappa shape index (κ2) is 17.5. The number of fused-ring (bicyclic) bond motifs is 2. The van der Waals surface area contributed by atoms with Crippen LogP contribution in [0.2, 0.25) is 0 Å². The molecule has 0 aliphatic carbocycles. The SMILES string of the molecule is CCCCc1ccc(-c2cccc3[cH-]c(-c4ccccn4)cc23)cc1.CCCCc1ccc(-c2cccc3[cH-]c(-c4ccccn4)cc23)cc1.[Zr+2]. The smallest absolute Gasteiger partial charge is 0.295 e. The second-order valence-corrected chi connectivity index (χ2v) is 13.1. The summed E-state index contributed by atoms with van der Waals surface area (Å²) >= 11 is 0. The van der Waals surface area contributed by atoms with E-state index in [9.17, 15) is 0 Å². The summed E-state index contributed by atoms with van der Waals surface area (Å²) in [4.78, 5) is 8.97. The quantitative estimate of drug-likeness (QED) is 0.131. The monoisotopic (exact) mass is 738 g/mol. The first kappa shape index (κ1) is 36.1. The number of pyridine rings is 2. The molecule has 2 heterocycles. The first-order valence-electron chi connectivity index (χ1n) is 18.1. The van der Waals surface area contributed by atoms with Gasteiger partial charge in [-0.05, 0) is 60.1 Å². The molecule has 0 N–H and O–H groups in total. The van der Waals surface area contributed by atoms with Crippen LogP contribution in [0.25, 0.3) is 66.3 Å². The minimum atomic E-state index is 0. The zero-order valence-electron chi connectivity index (χ0n) is 29.6. The molecule has 3 heteroatoms. The number of nitrogens with zero attached hydrogens (tertiary/aromatic N) is 2. The summed E-state index contributed by atoms with van der Waals surface area (Å²) in [5, 5.41) is 5.13. The maximum absolute atomic E-state index is 4.49. The number of aryl methyl sites for hydroxylation is 2. The average molecular weight is 740 g/mol. The van der Waals surface area contributed by atoms with Gasteiger partial charge >= 0.3 is 26.2 Å². The third kappa shape index (κ3) is 8.61. The first-order chi connectivity index (χ1) is 24.7. The Hall–Kier alpha value is -4.72. The van der Waals surface area contributed by atoms with Gasteiger partial charge in [0.05, 0.1) is 0 Å². The number of unbranched alkanes of at least 4 members (excludes halogenated alkanes) is 2. The fourth-order valence-corrected chi connectivity index (χ4v) is 6.80. The van der Waals surface area contributed by atoms with Crippen LogP contribution < -0.4 is 0 Å². The van der Waals surface area contributed by atoms with E-state index in [-0.39, 0.29) is 26.2 Å². The predicted octanol–water partition coefficient (Wildman–Crippen LogP) is 13.3. The van der Waals surface area contributed by atoms with Crippen LogP contribution in [0.4, 0.5) is 0 Å². The summed E-state index contributed by atoms with van der Waals surface area (Å²) in [7, 11) is 0. The summed E-state index contributed by atoms with van der Waals surface area (Å²) in [6.45, 7) is 4.48. The summed E-state index contributed by atoms with van der Waals surface area (Å²) < 4.78 is 0. The van der Waals surface area contributed by atoms with E-state index in [0.717, 1.165) is 11.4 Å². The number of benzene rings is 4. The van der Waals surface area contributed by atoms with E-state index in [1.54, 1.807) is 0 Å². The summed E-state index contributed by atoms with van der Waals surface area (Å²) in [5.41, 5.74) is 12.4. The van der Waals surface area contributed by atoms with Crippen LogP contribution in [-0.4, -0.2) is 9.97 Å². The molecule has 0 aliphatic rings.